The minimum absolute atomic E-state index is 0.556. The number of thiazole rings is 1. The van der Waals surface area contributed by atoms with E-state index < -0.39 is 0 Å². The molecule has 0 saturated heterocycles. The molecular formula is C17H30N4S. The summed E-state index contributed by atoms with van der Waals surface area (Å²) in [6.45, 7) is 9.63. The first kappa shape index (κ1) is 17.3. The molecule has 1 fully saturated rings. The Kier molecular flexibility index (Phi) is 6.24. The van der Waals surface area contributed by atoms with Crippen LogP contribution < -0.4 is 10.6 Å². The Labute approximate surface area is 138 Å². The predicted octanol–water partition coefficient (Wildman–Crippen LogP) is 3.64. The molecule has 0 bridgehead atoms. The van der Waals surface area contributed by atoms with Crippen LogP contribution in [0.15, 0.2) is 4.99 Å². The van der Waals surface area contributed by atoms with E-state index in [1.54, 1.807) is 11.3 Å². The van der Waals surface area contributed by atoms with Crippen LogP contribution in [0.4, 0.5) is 0 Å². The summed E-state index contributed by atoms with van der Waals surface area (Å²) < 4.78 is 0. The van der Waals surface area contributed by atoms with Crippen molar-refractivity contribution >= 4 is 17.3 Å². The molecule has 1 aromatic rings. The zero-order valence-electron chi connectivity index (χ0n) is 14.6. The van der Waals surface area contributed by atoms with E-state index in [-0.39, 0.29) is 0 Å². The molecule has 0 atom stereocenters. The van der Waals surface area contributed by atoms with Gasteiger partial charge in [0.1, 0.15) is 5.01 Å². The summed E-state index contributed by atoms with van der Waals surface area (Å²) in [4.78, 5) is 10.2. The third-order valence-electron chi connectivity index (χ3n) is 4.76. The lowest BCUT2D eigenvalue weighted by Crippen LogP contribution is -2.44. The van der Waals surface area contributed by atoms with E-state index in [4.69, 9.17) is 0 Å². The predicted molar refractivity (Wildman–Crippen MR) is 95.5 cm³/mol. The highest BCUT2D eigenvalue weighted by Crippen LogP contribution is 2.29. The SMILES string of the molecule is CN=C(NCc1nc(C)c(C)s1)NC1CCC(C(C)C)CC1. The van der Waals surface area contributed by atoms with Crippen molar-refractivity contribution in [3.8, 4) is 0 Å². The molecule has 124 valence electrons. The minimum Gasteiger partial charge on any atom is -0.354 e. The molecule has 2 N–H and O–H groups in total. The molecule has 5 heteroatoms. The van der Waals surface area contributed by atoms with Crippen molar-refractivity contribution in [3.63, 3.8) is 0 Å². The molecule has 0 amide bonds. The van der Waals surface area contributed by atoms with Gasteiger partial charge in [0.25, 0.3) is 0 Å². The van der Waals surface area contributed by atoms with Crippen LogP contribution in [0.3, 0.4) is 0 Å². The lowest BCUT2D eigenvalue weighted by Gasteiger charge is -2.32. The maximum absolute atomic E-state index is 4.57. The van der Waals surface area contributed by atoms with E-state index >= 15 is 0 Å². The normalized spacial score (nSPS) is 22.9. The van der Waals surface area contributed by atoms with Crippen LogP contribution in [0.5, 0.6) is 0 Å². The van der Waals surface area contributed by atoms with Gasteiger partial charge in [-0.1, -0.05) is 13.8 Å². The average Bonchev–Trinajstić information content (AvgIpc) is 2.82. The second kappa shape index (κ2) is 7.95. The van der Waals surface area contributed by atoms with Crippen molar-refractivity contribution in [1.82, 2.24) is 15.6 Å². The summed E-state index contributed by atoms with van der Waals surface area (Å²) in [6, 6.07) is 0.556. The zero-order valence-corrected chi connectivity index (χ0v) is 15.4. The van der Waals surface area contributed by atoms with Crippen LogP contribution in [0.25, 0.3) is 0 Å². The van der Waals surface area contributed by atoms with E-state index in [0.717, 1.165) is 35.0 Å². The molecule has 1 saturated carbocycles. The lowest BCUT2D eigenvalue weighted by atomic mass is 9.80. The fraction of sp³-hybridized carbons (Fsp3) is 0.765. The van der Waals surface area contributed by atoms with Gasteiger partial charge in [-0.2, -0.15) is 0 Å². The highest BCUT2D eigenvalue weighted by Gasteiger charge is 2.23. The van der Waals surface area contributed by atoms with Crippen molar-refractivity contribution in [2.45, 2.75) is 66.0 Å². The van der Waals surface area contributed by atoms with Gasteiger partial charge in [0.05, 0.1) is 12.2 Å². The number of rotatable bonds is 4. The molecule has 0 unspecified atom stereocenters. The van der Waals surface area contributed by atoms with Gasteiger partial charge in [-0.15, -0.1) is 11.3 Å². The molecule has 0 aliphatic heterocycles. The summed E-state index contributed by atoms with van der Waals surface area (Å²) in [6.07, 6.45) is 5.16. The average molecular weight is 323 g/mol. The zero-order chi connectivity index (χ0) is 16.1. The van der Waals surface area contributed by atoms with Crippen molar-refractivity contribution < 1.29 is 0 Å². The molecule has 4 nitrogen and oxygen atoms in total. The molecule has 1 aliphatic carbocycles. The van der Waals surface area contributed by atoms with E-state index in [0.29, 0.717) is 6.04 Å². The summed E-state index contributed by atoms with van der Waals surface area (Å²) >= 11 is 1.76. The molecule has 22 heavy (non-hydrogen) atoms. The van der Waals surface area contributed by atoms with Crippen LogP contribution in [0.1, 0.15) is 55.1 Å². The van der Waals surface area contributed by atoms with Gasteiger partial charge in [-0.25, -0.2) is 4.98 Å². The van der Waals surface area contributed by atoms with Gasteiger partial charge >= 0.3 is 0 Å². The van der Waals surface area contributed by atoms with Crippen molar-refractivity contribution in [1.29, 1.82) is 0 Å². The topological polar surface area (TPSA) is 49.3 Å². The van der Waals surface area contributed by atoms with Crippen molar-refractivity contribution in [2.75, 3.05) is 7.05 Å². The van der Waals surface area contributed by atoms with Crippen LogP contribution in [-0.4, -0.2) is 24.0 Å². The Balaban J connectivity index is 1.78. The van der Waals surface area contributed by atoms with E-state index in [1.165, 1.54) is 30.6 Å². The largest absolute Gasteiger partial charge is 0.354 e. The van der Waals surface area contributed by atoms with Gasteiger partial charge in [0, 0.05) is 18.0 Å². The van der Waals surface area contributed by atoms with Crippen molar-refractivity contribution in [3.05, 3.63) is 15.6 Å². The minimum atomic E-state index is 0.556. The molecule has 0 spiro atoms. The molecule has 1 aromatic heterocycles. The number of guanidine groups is 1. The first-order chi connectivity index (χ1) is 10.5. The highest BCUT2D eigenvalue weighted by atomic mass is 32.1. The number of aliphatic imine (C=N–C) groups is 1. The lowest BCUT2D eigenvalue weighted by molar-refractivity contribution is 0.250. The Morgan fingerprint density at radius 3 is 2.45 bits per heavy atom. The Morgan fingerprint density at radius 2 is 1.95 bits per heavy atom. The Bertz CT molecular complexity index is 479. The second-order valence-corrected chi connectivity index (χ2v) is 7.96. The van der Waals surface area contributed by atoms with Gasteiger partial charge in [-0.05, 0) is 51.4 Å². The maximum Gasteiger partial charge on any atom is 0.191 e. The van der Waals surface area contributed by atoms with Crippen LogP contribution >= 0.6 is 11.3 Å². The third kappa shape index (κ3) is 4.70. The summed E-state index contributed by atoms with van der Waals surface area (Å²) in [5.74, 6) is 2.61. The number of aryl methyl sites for hydroxylation is 2. The smallest absolute Gasteiger partial charge is 0.191 e. The summed E-state index contributed by atoms with van der Waals surface area (Å²) in [5, 5.41) is 8.09. The molecule has 1 heterocycles. The fourth-order valence-corrected chi connectivity index (χ4v) is 3.97. The van der Waals surface area contributed by atoms with Crippen LogP contribution in [0, 0.1) is 25.7 Å². The van der Waals surface area contributed by atoms with E-state index in [1.807, 2.05) is 7.05 Å². The number of aromatic nitrogens is 1. The number of nitrogens with zero attached hydrogens (tertiary/aromatic N) is 2. The van der Waals surface area contributed by atoms with E-state index in [2.05, 4.69) is 48.3 Å². The molecule has 1 aliphatic rings. The fourth-order valence-electron chi connectivity index (χ4n) is 3.09. The molecule has 0 aromatic carbocycles. The van der Waals surface area contributed by atoms with Crippen LogP contribution in [-0.2, 0) is 6.54 Å². The van der Waals surface area contributed by atoms with Gasteiger partial charge < -0.3 is 10.6 Å². The van der Waals surface area contributed by atoms with Crippen molar-refractivity contribution in [2.24, 2.45) is 16.8 Å². The summed E-state index contributed by atoms with van der Waals surface area (Å²) in [5.41, 5.74) is 1.14. The van der Waals surface area contributed by atoms with Crippen LogP contribution in [0.2, 0.25) is 0 Å². The van der Waals surface area contributed by atoms with Gasteiger partial charge in [0.2, 0.25) is 0 Å². The molecule has 2 rings (SSSR count). The second-order valence-electron chi connectivity index (χ2n) is 6.68. The monoisotopic (exact) mass is 322 g/mol. The van der Waals surface area contributed by atoms with Gasteiger partial charge in [0.15, 0.2) is 5.96 Å². The molecule has 0 radical (unpaired) electrons. The van der Waals surface area contributed by atoms with E-state index in [9.17, 15) is 0 Å². The number of hydrogen-bond acceptors (Lipinski definition) is 3. The first-order valence-corrected chi connectivity index (χ1v) is 9.21. The number of nitrogens with one attached hydrogen (secondary N) is 2. The quantitative estimate of drug-likeness (QED) is 0.657. The molecular weight excluding hydrogens is 292 g/mol. The Morgan fingerprint density at radius 1 is 1.27 bits per heavy atom. The maximum atomic E-state index is 4.57. The Hall–Kier alpha value is -1.10. The summed E-state index contributed by atoms with van der Waals surface area (Å²) in [7, 11) is 1.84. The first-order valence-electron chi connectivity index (χ1n) is 8.39. The highest BCUT2D eigenvalue weighted by molar-refractivity contribution is 7.11. The number of hydrogen-bond donors (Lipinski definition) is 2. The van der Waals surface area contributed by atoms with Gasteiger partial charge in [-0.3, -0.25) is 4.99 Å². The standard InChI is InChI=1S/C17H30N4S/c1-11(2)14-6-8-15(9-7-14)21-17(18-5)19-10-16-20-12(3)13(4)22-16/h11,14-15H,6-10H2,1-5H3,(H2,18,19,21). The third-order valence-corrected chi connectivity index (χ3v) is 5.83.